The Balaban J connectivity index is 1.17. The third kappa shape index (κ3) is 5.30. The van der Waals surface area contributed by atoms with E-state index in [2.05, 4.69) is 9.80 Å². The van der Waals surface area contributed by atoms with Gasteiger partial charge in [-0.1, -0.05) is 30.2 Å². The lowest BCUT2D eigenvalue weighted by atomic mass is 9.91. The Morgan fingerprint density at radius 2 is 1.55 bits per heavy atom. The van der Waals surface area contributed by atoms with Gasteiger partial charge in [0.25, 0.3) is 0 Å². The zero-order valence-electron chi connectivity index (χ0n) is 17.1. The van der Waals surface area contributed by atoms with Crippen LogP contribution in [-0.4, -0.2) is 96.4 Å². The molecule has 3 aliphatic rings. The maximum absolute atomic E-state index is 12.7. The minimum Gasteiger partial charge on any atom is -0.340 e. The van der Waals surface area contributed by atoms with Crippen molar-refractivity contribution in [1.82, 2.24) is 19.6 Å². The number of nitrogens with zero attached hydrogens (tertiary/aromatic N) is 4. The molecular weight excluding hydrogens is 388 g/mol. The first-order valence-electron chi connectivity index (χ1n) is 10.8. The Labute approximate surface area is 178 Å². The Hall–Kier alpha value is -1.63. The SMILES string of the molecule is O=C(Cc1cccc(Cl)c1)N1CCN(CC(=O)N2CCN(C3CCC3)CC2)CC1. The minimum atomic E-state index is 0.130. The van der Waals surface area contributed by atoms with Crippen molar-refractivity contribution in [3.05, 3.63) is 34.9 Å². The van der Waals surface area contributed by atoms with Crippen LogP contribution in [0, 0.1) is 0 Å². The normalized spacial score (nSPS) is 21.8. The van der Waals surface area contributed by atoms with E-state index in [-0.39, 0.29) is 11.8 Å². The van der Waals surface area contributed by atoms with E-state index in [1.807, 2.05) is 34.1 Å². The van der Waals surface area contributed by atoms with Gasteiger partial charge >= 0.3 is 0 Å². The van der Waals surface area contributed by atoms with Gasteiger partial charge in [-0.3, -0.25) is 19.4 Å². The van der Waals surface area contributed by atoms with Crippen LogP contribution in [0.25, 0.3) is 0 Å². The molecule has 1 aromatic carbocycles. The highest BCUT2D eigenvalue weighted by atomic mass is 35.5. The highest BCUT2D eigenvalue weighted by molar-refractivity contribution is 6.30. The van der Waals surface area contributed by atoms with Crippen LogP contribution in [0.4, 0.5) is 0 Å². The molecule has 0 unspecified atom stereocenters. The van der Waals surface area contributed by atoms with Crippen LogP contribution in [0.3, 0.4) is 0 Å². The lowest BCUT2D eigenvalue weighted by Crippen LogP contribution is -2.56. The van der Waals surface area contributed by atoms with Crippen molar-refractivity contribution in [2.24, 2.45) is 0 Å². The summed E-state index contributed by atoms with van der Waals surface area (Å²) in [4.78, 5) is 33.9. The summed E-state index contributed by atoms with van der Waals surface area (Å²) < 4.78 is 0. The monoisotopic (exact) mass is 418 g/mol. The summed E-state index contributed by atoms with van der Waals surface area (Å²) in [5.74, 6) is 0.363. The minimum absolute atomic E-state index is 0.130. The first-order valence-corrected chi connectivity index (χ1v) is 11.2. The van der Waals surface area contributed by atoms with Crippen molar-refractivity contribution in [1.29, 1.82) is 0 Å². The molecule has 2 amide bonds. The second-order valence-corrected chi connectivity index (χ2v) is 8.90. The van der Waals surface area contributed by atoms with Gasteiger partial charge < -0.3 is 9.80 Å². The molecule has 1 aliphatic carbocycles. The molecule has 3 fully saturated rings. The van der Waals surface area contributed by atoms with Crippen molar-refractivity contribution in [2.45, 2.75) is 31.7 Å². The van der Waals surface area contributed by atoms with Crippen LogP contribution in [0.5, 0.6) is 0 Å². The molecular formula is C22H31ClN4O2. The Morgan fingerprint density at radius 3 is 2.17 bits per heavy atom. The summed E-state index contributed by atoms with van der Waals surface area (Å²) in [6.45, 7) is 7.10. The Morgan fingerprint density at radius 1 is 0.897 bits per heavy atom. The van der Waals surface area contributed by atoms with Crippen LogP contribution >= 0.6 is 11.6 Å². The number of carbonyl (C=O) groups is 2. The number of carbonyl (C=O) groups excluding carboxylic acids is 2. The number of amides is 2. The van der Waals surface area contributed by atoms with Crippen molar-refractivity contribution < 1.29 is 9.59 Å². The molecule has 0 bridgehead atoms. The second-order valence-electron chi connectivity index (χ2n) is 8.47. The van der Waals surface area contributed by atoms with E-state index >= 15 is 0 Å². The van der Waals surface area contributed by atoms with Gasteiger partial charge in [0.05, 0.1) is 13.0 Å². The fourth-order valence-corrected chi connectivity index (χ4v) is 4.68. The number of rotatable bonds is 5. The predicted molar refractivity (Wildman–Crippen MR) is 114 cm³/mol. The molecule has 2 saturated heterocycles. The maximum atomic E-state index is 12.7. The number of halogens is 1. The van der Waals surface area contributed by atoms with Gasteiger partial charge in [-0.2, -0.15) is 0 Å². The fourth-order valence-electron chi connectivity index (χ4n) is 4.47. The molecule has 2 heterocycles. The summed E-state index contributed by atoms with van der Waals surface area (Å²) >= 11 is 6.01. The summed E-state index contributed by atoms with van der Waals surface area (Å²) in [6.07, 6.45) is 4.39. The maximum Gasteiger partial charge on any atom is 0.236 e. The summed E-state index contributed by atoms with van der Waals surface area (Å²) in [5.41, 5.74) is 0.946. The van der Waals surface area contributed by atoms with Crippen LogP contribution in [0.2, 0.25) is 5.02 Å². The van der Waals surface area contributed by atoms with E-state index in [1.54, 1.807) is 0 Å². The average Bonchev–Trinajstić information content (AvgIpc) is 2.68. The van der Waals surface area contributed by atoms with Gasteiger partial charge in [-0.25, -0.2) is 0 Å². The van der Waals surface area contributed by atoms with Crippen molar-refractivity contribution >= 4 is 23.4 Å². The van der Waals surface area contributed by atoms with Crippen molar-refractivity contribution in [3.8, 4) is 0 Å². The number of piperazine rings is 2. The van der Waals surface area contributed by atoms with Crippen LogP contribution in [0.1, 0.15) is 24.8 Å². The molecule has 2 aliphatic heterocycles. The molecule has 29 heavy (non-hydrogen) atoms. The topological polar surface area (TPSA) is 47.1 Å². The Bertz CT molecular complexity index is 723. The Kier molecular flexibility index (Phi) is 6.73. The van der Waals surface area contributed by atoms with E-state index < -0.39 is 0 Å². The molecule has 6 nitrogen and oxygen atoms in total. The summed E-state index contributed by atoms with van der Waals surface area (Å²) in [7, 11) is 0. The summed E-state index contributed by atoms with van der Waals surface area (Å²) in [6, 6.07) is 8.24. The van der Waals surface area contributed by atoms with Crippen molar-refractivity contribution in [2.75, 3.05) is 58.9 Å². The molecule has 0 spiro atoms. The number of benzene rings is 1. The quantitative estimate of drug-likeness (QED) is 0.730. The molecule has 7 heteroatoms. The number of hydrogen-bond donors (Lipinski definition) is 0. The van der Waals surface area contributed by atoms with Crippen molar-refractivity contribution in [3.63, 3.8) is 0 Å². The second kappa shape index (κ2) is 9.45. The van der Waals surface area contributed by atoms with Gasteiger partial charge in [0.1, 0.15) is 0 Å². The van der Waals surface area contributed by atoms with Crippen LogP contribution in [-0.2, 0) is 16.0 Å². The van der Waals surface area contributed by atoms with E-state index in [0.717, 1.165) is 50.9 Å². The van der Waals surface area contributed by atoms with E-state index in [9.17, 15) is 9.59 Å². The molecule has 0 N–H and O–H groups in total. The average molecular weight is 419 g/mol. The van der Waals surface area contributed by atoms with E-state index in [4.69, 9.17) is 11.6 Å². The molecule has 0 atom stereocenters. The van der Waals surface area contributed by atoms with E-state index in [0.29, 0.717) is 31.1 Å². The highest BCUT2D eigenvalue weighted by Gasteiger charge is 2.30. The zero-order valence-corrected chi connectivity index (χ0v) is 17.8. The van der Waals surface area contributed by atoms with Gasteiger partial charge in [0.2, 0.25) is 11.8 Å². The zero-order chi connectivity index (χ0) is 20.2. The lowest BCUT2D eigenvalue weighted by Gasteiger charge is -2.43. The van der Waals surface area contributed by atoms with E-state index in [1.165, 1.54) is 19.3 Å². The largest absolute Gasteiger partial charge is 0.340 e. The smallest absolute Gasteiger partial charge is 0.236 e. The standard InChI is InChI=1S/C22H31ClN4O2/c23-19-4-1-3-18(15-19)16-21(28)26-9-7-24(8-10-26)17-22(29)27-13-11-25(12-14-27)20-5-2-6-20/h1,3-4,15,20H,2,5-14,16-17H2. The molecule has 1 aromatic rings. The first kappa shape index (κ1) is 20.6. The third-order valence-electron chi connectivity index (χ3n) is 6.59. The molecule has 0 aromatic heterocycles. The van der Waals surface area contributed by atoms with Crippen LogP contribution < -0.4 is 0 Å². The molecule has 158 valence electrons. The lowest BCUT2D eigenvalue weighted by molar-refractivity contribution is -0.136. The molecule has 4 rings (SSSR count). The predicted octanol–water partition coefficient (Wildman–Crippen LogP) is 1.72. The van der Waals surface area contributed by atoms with Gasteiger partial charge in [0, 0.05) is 63.4 Å². The molecule has 0 radical (unpaired) electrons. The van der Waals surface area contributed by atoms with Gasteiger partial charge in [-0.15, -0.1) is 0 Å². The van der Waals surface area contributed by atoms with Crippen LogP contribution in [0.15, 0.2) is 24.3 Å². The fraction of sp³-hybridized carbons (Fsp3) is 0.636. The van der Waals surface area contributed by atoms with Gasteiger partial charge in [0.15, 0.2) is 0 Å². The summed E-state index contributed by atoms with van der Waals surface area (Å²) in [5, 5.41) is 0.659. The highest BCUT2D eigenvalue weighted by Crippen LogP contribution is 2.25. The number of hydrogen-bond acceptors (Lipinski definition) is 4. The molecule has 1 saturated carbocycles. The third-order valence-corrected chi connectivity index (χ3v) is 6.82. The first-order chi connectivity index (χ1) is 14.1. The van der Waals surface area contributed by atoms with Gasteiger partial charge in [-0.05, 0) is 30.5 Å².